The lowest BCUT2D eigenvalue weighted by atomic mass is 9.98. The Morgan fingerprint density at radius 3 is 2.30 bits per heavy atom. The molecular weight excluding hydrogens is 248 g/mol. The van der Waals surface area contributed by atoms with Gasteiger partial charge in [0.2, 0.25) is 0 Å². The van der Waals surface area contributed by atoms with Gasteiger partial charge in [-0.2, -0.15) is 0 Å². The Morgan fingerprint density at radius 1 is 1.05 bits per heavy atom. The monoisotopic (exact) mass is 266 g/mol. The maximum absolute atomic E-state index is 12.3. The normalized spacial score (nSPS) is 10.1. The number of ketones is 1. The summed E-state index contributed by atoms with van der Waals surface area (Å²) in [6, 6.07) is 17.1. The third kappa shape index (κ3) is 3.58. The minimum atomic E-state index is -0.0168. The maximum Gasteiger partial charge on any atom is 0.188 e. The Hall–Kier alpha value is -2.35. The number of hydrogen-bond donors (Lipinski definition) is 0. The molecule has 0 radical (unpaired) electrons. The van der Waals surface area contributed by atoms with Gasteiger partial charge in [0.05, 0.1) is 6.61 Å². The zero-order chi connectivity index (χ0) is 14.4. The van der Waals surface area contributed by atoms with Crippen molar-refractivity contribution in [2.24, 2.45) is 0 Å². The smallest absolute Gasteiger partial charge is 0.188 e. The SMILES string of the molecule is C=C(Cc1ccccc1)C(=O)c1ccc(OCC)cc1. The number of allylic oxidation sites excluding steroid dienone is 1. The highest BCUT2D eigenvalue weighted by Gasteiger charge is 2.10. The van der Waals surface area contributed by atoms with Crippen LogP contribution in [0, 0.1) is 0 Å². The van der Waals surface area contributed by atoms with Gasteiger partial charge in [-0.05, 0) is 42.3 Å². The summed E-state index contributed by atoms with van der Waals surface area (Å²) in [6.07, 6.45) is 0.576. The van der Waals surface area contributed by atoms with Crippen molar-refractivity contribution in [3.8, 4) is 5.75 Å². The summed E-state index contributed by atoms with van der Waals surface area (Å²) in [4.78, 5) is 12.3. The summed E-state index contributed by atoms with van der Waals surface area (Å²) in [7, 11) is 0. The Kier molecular flexibility index (Phi) is 4.72. The van der Waals surface area contributed by atoms with Gasteiger partial charge in [-0.1, -0.05) is 36.9 Å². The molecule has 2 heteroatoms. The number of ether oxygens (including phenoxy) is 1. The quantitative estimate of drug-likeness (QED) is 0.582. The van der Waals surface area contributed by atoms with Crippen LogP contribution >= 0.6 is 0 Å². The number of carbonyl (C=O) groups is 1. The lowest BCUT2D eigenvalue weighted by molar-refractivity contribution is 0.103. The van der Waals surface area contributed by atoms with Crippen LogP contribution in [0.4, 0.5) is 0 Å². The van der Waals surface area contributed by atoms with Crippen molar-refractivity contribution in [3.05, 3.63) is 77.9 Å². The van der Waals surface area contributed by atoms with E-state index in [1.165, 1.54) is 0 Å². The van der Waals surface area contributed by atoms with Crippen molar-refractivity contribution in [2.75, 3.05) is 6.61 Å². The van der Waals surface area contributed by atoms with Crippen LogP contribution < -0.4 is 4.74 Å². The van der Waals surface area contributed by atoms with Gasteiger partial charge in [-0.25, -0.2) is 0 Å². The van der Waals surface area contributed by atoms with Crippen LogP contribution in [-0.2, 0) is 6.42 Å². The first-order valence-corrected chi connectivity index (χ1v) is 6.70. The minimum Gasteiger partial charge on any atom is -0.494 e. The first-order valence-electron chi connectivity index (χ1n) is 6.70. The van der Waals surface area contributed by atoms with E-state index in [2.05, 4.69) is 6.58 Å². The van der Waals surface area contributed by atoms with Crippen molar-refractivity contribution in [1.82, 2.24) is 0 Å². The largest absolute Gasteiger partial charge is 0.494 e. The van der Waals surface area contributed by atoms with Gasteiger partial charge in [-0.15, -0.1) is 0 Å². The number of carbonyl (C=O) groups excluding carboxylic acids is 1. The first-order chi connectivity index (χ1) is 9.70. The number of hydrogen-bond acceptors (Lipinski definition) is 2. The second-order valence-corrected chi connectivity index (χ2v) is 4.55. The van der Waals surface area contributed by atoms with Gasteiger partial charge in [-0.3, -0.25) is 4.79 Å². The van der Waals surface area contributed by atoms with Crippen LogP contribution in [0.15, 0.2) is 66.7 Å². The molecule has 102 valence electrons. The first kappa shape index (κ1) is 14.1. The average Bonchev–Trinajstić information content (AvgIpc) is 2.48. The summed E-state index contributed by atoms with van der Waals surface area (Å²) in [5.41, 5.74) is 2.34. The number of benzene rings is 2. The summed E-state index contributed by atoms with van der Waals surface area (Å²) in [6.45, 7) is 6.45. The van der Waals surface area contributed by atoms with E-state index in [-0.39, 0.29) is 5.78 Å². The molecule has 0 aliphatic rings. The molecular formula is C18H18O2. The molecule has 2 aromatic carbocycles. The molecule has 0 heterocycles. The molecule has 2 nitrogen and oxygen atoms in total. The summed E-state index contributed by atoms with van der Waals surface area (Å²) < 4.78 is 5.36. The molecule has 0 aliphatic heterocycles. The van der Waals surface area contributed by atoms with Crippen LogP contribution in [0.3, 0.4) is 0 Å². The molecule has 2 rings (SSSR count). The van der Waals surface area contributed by atoms with Crippen LogP contribution in [0.2, 0.25) is 0 Å². The zero-order valence-electron chi connectivity index (χ0n) is 11.6. The highest BCUT2D eigenvalue weighted by molar-refractivity contribution is 6.08. The average molecular weight is 266 g/mol. The lowest BCUT2D eigenvalue weighted by Gasteiger charge is -2.07. The van der Waals surface area contributed by atoms with E-state index >= 15 is 0 Å². The predicted octanol–water partition coefficient (Wildman–Crippen LogP) is 4.07. The van der Waals surface area contributed by atoms with Crippen molar-refractivity contribution in [2.45, 2.75) is 13.3 Å². The molecule has 0 spiro atoms. The number of rotatable bonds is 6. The van der Waals surface area contributed by atoms with E-state index in [1.54, 1.807) is 12.1 Å². The molecule has 0 aromatic heterocycles. The molecule has 0 atom stereocenters. The Labute approximate surface area is 119 Å². The van der Waals surface area contributed by atoms with Gasteiger partial charge in [0.15, 0.2) is 5.78 Å². The lowest BCUT2D eigenvalue weighted by Crippen LogP contribution is -2.05. The van der Waals surface area contributed by atoms with E-state index in [4.69, 9.17) is 4.74 Å². The highest BCUT2D eigenvalue weighted by Crippen LogP contribution is 2.16. The van der Waals surface area contributed by atoms with E-state index in [9.17, 15) is 4.79 Å². The third-order valence-electron chi connectivity index (χ3n) is 3.01. The second kappa shape index (κ2) is 6.71. The van der Waals surface area contributed by atoms with Crippen molar-refractivity contribution < 1.29 is 9.53 Å². The summed E-state index contributed by atoms with van der Waals surface area (Å²) in [5, 5.41) is 0. The third-order valence-corrected chi connectivity index (χ3v) is 3.01. The van der Waals surface area contributed by atoms with Gasteiger partial charge in [0.1, 0.15) is 5.75 Å². The van der Waals surface area contributed by atoms with Gasteiger partial charge in [0.25, 0.3) is 0 Å². The summed E-state index contributed by atoms with van der Waals surface area (Å²) in [5.74, 6) is 0.759. The van der Waals surface area contributed by atoms with E-state index in [0.29, 0.717) is 24.2 Å². The van der Waals surface area contributed by atoms with Crippen molar-refractivity contribution in [1.29, 1.82) is 0 Å². The van der Waals surface area contributed by atoms with E-state index < -0.39 is 0 Å². The molecule has 0 N–H and O–H groups in total. The summed E-state index contributed by atoms with van der Waals surface area (Å²) >= 11 is 0. The molecule has 0 aliphatic carbocycles. The minimum absolute atomic E-state index is 0.0168. The molecule has 2 aromatic rings. The van der Waals surface area contributed by atoms with Gasteiger partial charge in [0, 0.05) is 12.0 Å². The van der Waals surface area contributed by atoms with Crippen LogP contribution in [0.25, 0.3) is 0 Å². The van der Waals surface area contributed by atoms with E-state index in [1.807, 2.05) is 49.4 Å². The fourth-order valence-electron chi connectivity index (χ4n) is 2.00. The Bertz CT molecular complexity index is 583. The topological polar surface area (TPSA) is 26.3 Å². The predicted molar refractivity (Wildman–Crippen MR) is 81.2 cm³/mol. The molecule has 0 unspecified atom stereocenters. The number of Topliss-reactive ketones (excluding diaryl/α,β-unsaturated/α-hetero) is 1. The van der Waals surface area contributed by atoms with Crippen molar-refractivity contribution in [3.63, 3.8) is 0 Å². The molecule has 0 saturated heterocycles. The van der Waals surface area contributed by atoms with E-state index in [0.717, 1.165) is 11.3 Å². The fourth-order valence-corrected chi connectivity index (χ4v) is 2.00. The fraction of sp³-hybridized carbons (Fsp3) is 0.167. The van der Waals surface area contributed by atoms with Crippen molar-refractivity contribution >= 4 is 5.78 Å². The standard InChI is InChI=1S/C18H18O2/c1-3-20-17-11-9-16(10-12-17)18(19)14(2)13-15-7-5-4-6-8-15/h4-12H,2-3,13H2,1H3. The highest BCUT2D eigenvalue weighted by atomic mass is 16.5. The molecule has 0 saturated carbocycles. The second-order valence-electron chi connectivity index (χ2n) is 4.55. The molecule has 0 bridgehead atoms. The van der Waals surface area contributed by atoms with Crippen LogP contribution in [0.1, 0.15) is 22.8 Å². The zero-order valence-corrected chi connectivity index (χ0v) is 11.6. The van der Waals surface area contributed by atoms with Crippen LogP contribution in [-0.4, -0.2) is 12.4 Å². The Balaban J connectivity index is 2.05. The molecule has 0 amide bonds. The maximum atomic E-state index is 12.3. The molecule has 20 heavy (non-hydrogen) atoms. The Morgan fingerprint density at radius 2 is 1.70 bits per heavy atom. The van der Waals surface area contributed by atoms with Gasteiger partial charge >= 0.3 is 0 Å². The van der Waals surface area contributed by atoms with Gasteiger partial charge < -0.3 is 4.74 Å². The van der Waals surface area contributed by atoms with Crippen LogP contribution in [0.5, 0.6) is 5.75 Å². The molecule has 0 fully saturated rings.